The second-order valence-electron chi connectivity index (χ2n) is 2.26. The highest BCUT2D eigenvalue weighted by Crippen LogP contribution is 2.01. The lowest BCUT2D eigenvalue weighted by molar-refractivity contribution is -0.120. The van der Waals surface area contributed by atoms with E-state index in [2.05, 4.69) is 0 Å². The molecule has 1 unspecified atom stereocenters. The molecule has 0 bridgehead atoms. The largest absolute Gasteiger partial charge is 0.381 e. The van der Waals surface area contributed by atoms with Gasteiger partial charge in [-0.05, 0) is 18.9 Å². The van der Waals surface area contributed by atoms with Gasteiger partial charge in [-0.1, -0.05) is 18.2 Å². The average molecular weight is 138 g/mol. The van der Waals surface area contributed by atoms with E-state index >= 15 is 0 Å². The fraction of sp³-hybridized carbons (Fsp3) is 0.375. The van der Waals surface area contributed by atoms with Crippen LogP contribution in [0.5, 0.6) is 0 Å². The van der Waals surface area contributed by atoms with Crippen LogP contribution in [-0.4, -0.2) is 17.0 Å². The van der Waals surface area contributed by atoms with Gasteiger partial charge in [-0.15, -0.1) is 0 Å². The molecule has 0 saturated heterocycles. The lowest BCUT2D eigenvalue weighted by atomic mass is 10.1. The maximum atomic E-state index is 10.8. The zero-order valence-corrected chi connectivity index (χ0v) is 5.66. The molecule has 0 radical (unpaired) electrons. The van der Waals surface area contributed by atoms with Crippen molar-refractivity contribution in [1.29, 1.82) is 0 Å². The van der Waals surface area contributed by atoms with Gasteiger partial charge in [-0.25, -0.2) is 0 Å². The third-order valence-corrected chi connectivity index (χ3v) is 1.39. The van der Waals surface area contributed by atoms with Crippen LogP contribution in [-0.2, 0) is 4.79 Å². The molecule has 1 atom stereocenters. The average Bonchev–Trinajstić information content (AvgIpc) is 1.92. The van der Waals surface area contributed by atoms with E-state index in [9.17, 15) is 4.79 Å². The summed E-state index contributed by atoms with van der Waals surface area (Å²) in [5.41, 5.74) is 0. The molecule has 0 aliphatic heterocycles. The van der Waals surface area contributed by atoms with Crippen molar-refractivity contribution in [2.45, 2.75) is 18.9 Å². The molecule has 0 amide bonds. The molecule has 2 nitrogen and oxygen atoms in total. The molecule has 0 saturated carbocycles. The van der Waals surface area contributed by atoms with Crippen LogP contribution >= 0.6 is 0 Å². The first-order valence-electron chi connectivity index (χ1n) is 3.36. The minimum absolute atomic E-state index is 0.226. The van der Waals surface area contributed by atoms with Gasteiger partial charge < -0.3 is 5.11 Å². The summed E-state index contributed by atoms with van der Waals surface area (Å²) in [7, 11) is 0. The fourth-order valence-electron chi connectivity index (χ4n) is 0.810. The van der Waals surface area contributed by atoms with Crippen molar-refractivity contribution < 1.29 is 9.90 Å². The van der Waals surface area contributed by atoms with Gasteiger partial charge in [0.25, 0.3) is 0 Å². The SMILES string of the molecule is O=C1/C=C\CC/C=C\C1O. The molecule has 0 aromatic rings. The number of ketones is 1. The number of rotatable bonds is 0. The van der Waals surface area contributed by atoms with E-state index in [0.29, 0.717) is 0 Å². The molecule has 0 spiro atoms. The minimum Gasteiger partial charge on any atom is -0.381 e. The summed E-state index contributed by atoms with van der Waals surface area (Å²) in [6.45, 7) is 0. The van der Waals surface area contributed by atoms with E-state index in [1.54, 1.807) is 6.08 Å². The van der Waals surface area contributed by atoms with E-state index in [4.69, 9.17) is 5.11 Å². The van der Waals surface area contributed by atoms with Crippen LogP contribution in [0.25, 0.3) is 0 Å². The molecule has 10 heavy (non-hydrogen) atoms. The van der Waals surface area contributed by atoms with Crippen molar-refractivity contribution in [1.82, 2.24) is 0 Å². The lowest BCUT2D eigenvalue weighted by Gasteiger charge is -2.01. The minimum atomic E-state index is -0.920. The molecule has 2 heteroatoms. The fourth-order valence-corrected chi connectivity index (χ4v) is 0.810. The van der Waals surface area contributed by atoms with Gasteiger partial charge in [0.15, 0.2) is 5.78 Å². The smallest absolute Gasteiger partial charge is 0.187 e. The standard InChI is InChI=1S/C8H10O2/c9-7-5-3-1-2-4-6-8(7)10/h3-7,9H,1-2H2/b5-3-,6-4-. The number of carbonyl (C=O) groups is 1. The Bertz CT molecular complexity index is 180. The van der Waals surface area contributed by atoms with Crippen molar-refractivity contribution in [3.63, 3.8) is 0 Å². The van der Waals surface area contributed by atoms with Crippen molar-refractivity contribution >= 4 is 5.78 Å². The molecular weight excluding hydrogens is 128 g/mol. The second-order valence-corrected chi connectivity index (χ2v) is 2.26. The third-order valence-electron chi connectivity index (χ3n) is 1.39. The highest BCUT2D eigenvalue weighted by atomic mass is 16.3. The Morgan fingerprint density at radius 1 is 1.40 bits per heavy atom. The monoisotopic (exact) mass is 138 g/mol. The van der Waals surface area contributed by atoms with Crippen LogP contribution in [0.15, 0.2) is 24.3 Å². The Balaban J connectivity index is 2.64. The van der Waals surface area contributed by atoms with Gasteiger partial charge in [0.05, 0.1) is 0 Å². The van der Waals surface area contributed by atoms with Crippen LogP contribution in [0.2, 0.25) is 0 Å². The number of aliphatic hydroxyl groups excluding tert-OH is 1. The van der Waals surface area contributed by atoms with Gasteiger partial charge >= 0.3 is 0 Å². The topological polar surface area (TPSA) is 37.3 Å². The highest BCUT2D eigenvalue weighted by Gasteiger charge is 2.07. The predicted octanol–water partition coefficient (Wildman–Crippen LogP) is 0.823. The van der Waals surface area contributed by atoms with E-state index in [0.717, 1.165) is 12.8 Å². The lowest BCUT2D eigenvalue weighted by Crippen LogP contribution is -2.15. The summed E-state index contributed by atoms with van der Waals surface area (Å²) in [6.07, 6.45) is 7.45. The van der Waals surface area contributed by atoms with Crippen molar-refractivity contribution in [2.24, 2.45) is 0 Å². The summed E-state index contributed by atoms with van der Waals surface area (Å²) in [5.74, 6) is -0.226. The van der Waals surface area contributed by atoms with Gasteiger partial charge in [-0.2, -0.15) is 0 Å². The summed E-state index contributed by atoms with van der Waals surface area (Å²) in [6, 6.07) is 0. The molecule has 0 heterocycles. The highest BCUT2D eigenvalue weighted by molar-refractivity contribution is 5.94. The first-order valence-corrected chi connectivity index (χ1v) is 3.36. The number of allylic oxidation sites excluding steroid dienone is 2. The predicted molar refractivity (Wildman–Crippen MR) is 38.5 cm³/mol. The maximum Gasteiger partial charge on any atom is 0.187 e. The molecule has 0 aromatic carbocycles. The summed E-state index contributed by atoms with van der Waals surface area (Å²) < 4.78 is 0. The molecule has 1 rings (SSSR count). The van der Waals surface area contributed by atoms with Crippen molar-refractivity contribution in [3.8, 4) is 0 Å². The van der Waals surface area contributed by atoms with E-state index in [1.165, 1.54) is 12.2 Å². The molecule has 1 N–H and O–H groups in total. The summed E-state index contributed by atoms with van der Waals surface area (Å²) in [4.78, 5) is 10.8. The van der Waals surface area contributed by atoms with Gasteiger partial charge in [0, 0.05) is 0 Å². The Kier molecular flexibility index (Phi) is 2.40. The van der Waals surface area contributed by atoms with E-state index in [-0.39, 0.29) is 5.78 Å². The third kappa shape index (κ3) is 1.81. The van der Waals surface area contributed by atoms with Gasteiger partial charge in [0.2, 0.25) is 0 Å². The van der Waals surface area contributed by atoms with Crippen LogP contribution in [0.1, 0.15) is 12.8 Å². The van der Waals surface area contributed by atoms with E-state index in [1.807, 2.05) is 6.08 Å². The molecule has 0 aromatic heterocycles. The van der Waals surface area contributed by atoms with Gasteiger partial charge in [-0.3, -0.25) is 4.79 Å². The van der Waals surface area contributed by atoms with Crippen molar-refractivity contribution in [3.05, 3.63) is 24.3 Å². The normalized spacial score (nSPS) is 32.5. The molecule has 0 fully saturated rings. The van der Waals surface area contributed by atoms with Crippen LogP contribution in [0.3, 0.4) is 0 Å². The maximum absolute atomic E-state index is 10.8. The van der Waals surface area contributed by atoms with E-state index < -0.39 is 6.10 Å². The zero-order chi connectivity index (χ0) is 7.40. The number of aliphatic hydroxyl groups is 1. The Hall–Kier alpha value is -0.890. The van der Waals surface area contributed by atoms with Crippen molar-refractivity contribution in [2.75, 3.05) is 0 Å². The number of carbonyl (C=O) groups excluding carboxylic acids is 1. The van der Waals surface area contributed by atoms with Crippen LogP contribution < -0.4 is 0 Å². The van der Waals surface area contributed by atoms with Crippen LogP contribution in [0.4, 0.5) is 0 Å². The molecular formula is C8H10O2. The van der Waals surface area contributed by atoms with Gasteiger partial charge in [0.1, 0.15) is 6.10 Å². The molecule has 54 valence electrons. The Morgan fingerprint density at radius 3 is 2.90 bits per heavy atom. The Labute approximate surface area is 59.9 Å². The second kappa shape index (κ2) is 3.32. The summed E-state index contributed by atoms with van der Waals surface area (Å²) in [5, 5.41) is 9.00. The zero-order valence-electron chi connectivity index (χ0n) is 5.66. The first kappa shape index (κ1) is 7.22. The summed E-state index contributed by atoms with van der Waals surface area (Å²) >= 11 is 0. The molecule has 1 aliphatic carbocycles. The quantitative estimate of drug-likeness (QED) is 0.503. The van der Waals surface area contributed by atoms with Crippen LogP contribution in [0, 0.1) is 0 Å². The molecule has 1 aliphatic rings. The number of hydrogen-bond acceptors (Lipinski definition) is 2. The number of hydrogen-bond donors (Lipinski definition) is 1. The first-order chi connectivity index (χ1) is 4.80. The Morgan fingerprint density at radius 2 is 2.10 bits per heavy atom.